The molecule has 7 nitrogen and oxygen atoms in total. The lowest BCUT2D eigenvalue weighted by molar-refractivity contribution is -0.384. The summed E-state index contributed by atoms with van der Waals surface area (Å²) in [5.74, 6) is 4.93. The van der Waals surface area contributed by atoms with Crippen LogP contribution in [0, 0.1) is 10.1 Å². The van der Waals surface area contributed by atoms with Crippen molar-refractivity contribution < 1.29 is 9.72 Å². The lowest BCUT2D eigenvalue weighted by Gasteiger charge is -2.11. The predicted molar refractivity (Wildman–Crippen MR) is 80.8 cm³/mol. The summed E-state index contributed by atoms with van der Waals surface area (Å²) in [5.41, 5.74) is 2.74. The van der Waals surface area contributed by atoms with Gasteiger partial charge < -0.3 is 10.7 Å². The molecule has 0 spiro atoms. The number of hydrazine groups is 1. The highest BCUT2D eigenvalue weighted by molar-refractivity contribution is 7.99. The Morgan fingerprint density at radius 3 is 2.80 bits per heavy atom. The van der Waals surface area contributed by atoms with E-state index in [1.54, 1.807) is 11.8 Å². The van der Waals surface area contributed by atoms with Crippen molar-refractivity contribution >= 4 is 29.0 Å². The monoisotopic (exact) mass is 298 g/mol. The Kier molecular flexibility index (Phi) is 6.26. The first kappa shape index (κ1) is 16.3. The van der Waals surface area contributed by atoms with Crippen molar-refractivity contribution in [3.8, 4) is 0 Å². The third-order valence-electron chi connectivity index (χ3n) is 2.85. The van der Waals surface area contributed by atoms with Gasteiger partial charge in [0.25, 0.3) is 11.6 Å². The number of nitrogen functional groups attached to an aromatic ring is 1. The highest BCUT2D eigenvalue weighted by Gasteiger charge is 2.16. The normalized spacial score (nSPS) is 11.8. The molecule has 20 heavy (non-hydrogen) atoms. The van der Waals surface area contributed by atoms with Crippen LogP contribution in [0.5, 0.6) is 0 Å². The summed E-state index contributed by atoms with van der Waals surface area (Å²) in [5, 5.41) is 13.9. The van der Waals surface area contributed by atoms with E-state index in [4.69, 9.17) is 5.84 Å². The summed E-state index contributed by atoms with van der Waals surface area (Å²) in [6, 6.07) is 3.92. The number of hydrogen-bond acceptors (Lipinski definition) is 6. The average Bonchev–Trinajstić information content (AvgIpc) is 2.45. The fourth-order valence-electron chi connectivity index (χ4n) is 1.56. The van der Waals surface area contributed by atoms with Gasteiger partial charge in [0.05, 0.1) is 16.2 Å². The second-order valence-electron chi connectivity index (χ2n) is 4.22. The molecule has 1 unspecified atom stereocenters. The first-order valence-electron chi connectivity index (χ1n) is 6.05. The summed E-state index contributed by atoms with van der Waals surface area (Å²) in [7, 11) is 0. The van der Waals surface area contributed by atoms with Crippen molar-refractivity contribution in [2.75, 3.05) is 18.2 Å². The number of non-ortho nitro benzene ring substituents is 1. The second-order valence-corrected chi connectivity index (χ2v) is 5.50. The summed E-state index contributed by atoms with van der Waals surface area (Å²) < 4.78 is 0. The van der Waals surface area contributed by atoms with Gasteiger partial charge in [-0.2, -0.15) is 11.8 Å². The van der Waals surface area contributed by atoms with Gasteiger partial charge in [-0.25, -0.2) is 0 Å². The van der Waals surface area contributed by atoms with Crippen molar-refractivity contribution in [1.29, 1.82) is 0 Å². The van der Waals surface area contributed by atoms with Crippen LogP contribution < -0.4 is 16.6 Å². The fourth-order valence-corrected chi connectivity index (χ4v) is 1.92. The third-order valence-corrected chi connectivity index (χ3v) is 3.89. The zero-order valence-corrected chi connectivity index (χ0v) is 12.2. The summed E-state index contributed by atoms with van der Waals surface area (Å²) in [6.07, 6.45) is 2.83. The first-order chi connectivity index (χ1) is 9.49. The molecule has 0 aliphatic heterocycles. The van der Waals surface area contributed by atoms with Gasteiger partial charge in [0.15, 0.2) is 0 Å². The molecule has 0 bridgehead atoms. The summed E-state index contributed by atoms with van der Waals surface area (Å²) in [4.78, 5) is 22.2. The molecule has 0 radical (unpaired) electrons. The Labute approximate surface area is 121 Å². The summed E-state index contributed by atoms with van der Waals surface area (Å²) in [6.45, 7) is 2.57. The van der Waals surface area contributed by atoms with Gasteiger partial charge >= 0.3 is 0 Å². The van der Waals surface area contributed by atoms with Crippen LogP contribution in [-0.2, 0) is 0 Å². The molecule has 0 heterocycles. The van der Waals surface area contributed by atoms with Gasteiger partial charge in [0.1, 0.15) is 0 Å². The van der Waals surface area contributed by atoms with E-state index in [1.807, 2.05) is 6.26 Å². The molecule has 0 saturated carbocycles. The quantitative estimate of drug-likeness (QED) is 0.402. The SMILES string of the molecule is CSC(C)CCNC(=O)c1cc([N+](=O)[O-])ccc1NN. The molecule has 0 aliphatic carbocycles. The first-order valence-corrected chi connectivity index (χ1v) is 7.34. The minimum absolute atomic E-state index is 0.147. The molecule has 0 saturated heterocycles. The Morgan fingerprint density at radius 1 is 1.55 bits per heavy atom. The number of nitrogens with zero attached hydrogens (tertiary/aromatic N) is 1. The van der Waals surface area contributed by atoms with Gasteiger partial charge in [0.2, 0.25) is 0 Å². The van der Waals surface area contributed by atoms with Crippen LogP contribution in [0.15, 0.2) is 18.2 Å². The lowest BCUT2D eigenvalue weighted by Crippen LogP contribution is -2.27. The van der Waals surface area contributed by atoms with Crippen LogP contribution >= 0.6 is 11.8 Å². The molecule has 4 N–H and O–H groups in total. The Bertz CT molecular complexity index is 496. The third kappa shape index (κ3) is 4.39. The maximum absolute atomic E-state index is 12.0. The highest BCUT2D eigenvalue weighted by Crippen LogP contribution is 2.21. The van der Waals surface area contributed by atoms with Crippen LogP contribution in [0.25, 0.3) is 0 Å². The van der Waals surface area contributed by atoms with Crippen molar-refractivity contribution in [1.82, 2.24) is 5.32 Å². The molecule has 1 rings (SSSR count). The smallest absolute Gasteiger partial charge is 0.270 e. The van der Waals surface area contributed by atoms with Crippen molar-refractivity contribution in [3.63, 3.8) is 0 Å². The number of carbonyl (C=O) groups is 1. The number of nitro benzene ring substituents is 1. The molecule has 0 aromatic heterocycles. The molecule has 1 aromatic rings. The minimum atomic E-state index is -0.549. The average molecular weight is 298 g/mol. The van der Waals surface area contributed by atoms with E-state index in [9.17, 15) is 14.9 Å². The van der Waals surface area contributed by atoms with Crippen molar-refractivity contribution in [2.24, 2.45) is 5.84 Å². The zero-order chi connectivity index (χ0) is 15.1. The van der Waals surface area contributed by atoms with Crippen LogP contribution in [0.3, 0.4) is 0 Å². The van der Waals surface area contributed by atoms with Gasteiger partial charge in [-0.15, -0.1) is 0 Å². The van der Waals surface area contributed by atoms with Crippen molar-refractivity contribution in [3.05, 3.63) is 33.9 Å². The van der Waals surface area contributed by atoms with Crippen LogP contribution in [0.1, 0.15) is 23.7 Å². The molecule has 0 fully saturated rings. The molecule has 110 valence electrons. The maximum atomic E-state index is 12.0. The molecule has 1 amide bonds. The topological polar surface area (TPSA) is 110 Å². The zero-order valence-electron chi connectivity index (χ0n) is 11.4. The molecular weight excluding hydrogens is 280 g/mol. The molecular formula is C12H18N4O3S. The maximum Gasteiger partial charge on any atom is 0.270 e. The number of carbonyl (C=O) groups excluding carboxylic acids is 1. The lowest BCUT2D eigenvalue weighted by atomic mass is 10.1. The number of amides is 1. The van der Waals surface area contributed by atoms with E-state index < -0.39 is 4.92 Å². The number of nitrogens with one attached hydrogen (secondary N) is 2. The molecule has 0 aliphatic rings. The van der Waals surface area contributed by atoms with E-state index in [-0.39, 0.29) is 17.2 Å². The van der Waals surface area contributed by atoms with Gasteiger partial charge in [-0.05, 0) is 18.7 Å². The number of nitrogens with two attached hydrogens (primary N) is 1. The Balaban J connectivity index is 2.79. The van der Waals surface area contributed by atoms with E-state index in [2.05, 4.69) is 17.7 Å². The van der Waals surface area contributed by atoms with Crippen molar-refractivity contribution in [2.45, 2.75) is 18.6 Å². The standard InChI is InChI=1S/C12H18N4O3S/c1-8(20-2)5-6-14-12(17)10-7-9(16(18)19)3-4-11(10)15-13/h3-4,7-8,15H,5-6,13H2,1-2H3,(H,14,17). The van der Waals surface area contributed by atoms with Gasteiger partial charge in [-0.1, -0.05) is 6.92 Å². The number of thioether (sulfide) groups is 1. The van der Waals surface area contributed by atoms with Crippen LogP contribution in [-0.4, -0.2) is 28.9 Å². The Morgan fingerprint density at radius 2 is 2.25 bits per heavy atom. The number of hydrogen-bond donors (Lipinski definition) is 3. The van der Waals surface area contributed by atoms with Gasteiger partial charge in [0, 0.05) is 23.9 Å². The van der Waals surface area contributed by atoms with E-state index in [0.717, 1.165) is 6.42 Å². The predicted octanol–water partition coefficient (Wildman–Crippen LogP) is 1.75. The van der Waals surface area contributed by atoms with E-state index >= 15 is 0 Å². The largest absolute Gasteiger partial charge is 0.352 e. The van der Waals surface area contributed by atoms with Crippen LogP contribution in [0.4, 0.5) is 11.4 Å². The molecule has 1 atom stereocenters. The van der Waals surface area contributed by atoms with E-state index in [1.165, 1.54) is 18.2 Å². The summed E-state index contributed by atoms with van der Waals surface area (Å²) >= 11 is 1.71. The fraction of sp³-hybridized carbons (Fsp3) is 0.417. The van der Waals surface area contributed by atoms with Crippen LogP contribution in [0.2, 0.25) is 0 Å². The number of nitro groups is 1. The highest BCUT2D eigenvalue weighted by atomic mass is 32.2. The van der Waals surface area contributed by atoms with Gasteiger partial charge in [-0.3, -0.25) is 20.8 Å². The molecule has 8 heteroatoms. The minimum Gasteiger partial charge on any atom is -0.352 e. The van der Waals surface area contributed by atoms with E-state index in [0.29, 0.717) is 17.5 Å². The number of benzene rings is 1. The second kappa shape index (κ2) is 7.71. The molecule has 1 aromatic carbocycles. The number of anilines is 1. The number of rotatable bonds is 7. The Hall–Kier alpha value is -1.80.